The monoisotopic (exact) mass is 392 g/mol. The Morgan fingerprint density at radius 3 is 2.43 bits per heavy atom. The van der Waals surface area contributed by atoms with E-state index in [9.17, 15) is 14.0 Å². The van der Waals surface area contributed by atoms with Crippen molar-refractivity contribution in [1.29, 1.82) is 0 Å². The third kappa shape index (κ3) is 3.51. The maximum Gasteiger partial charge on any atom is 0.255 e. The van der Waals surface area contributed by atoms with E-state index >= 15 is 0 Å². The van der Waals surface area contributed by atoms with Gasteiger partial charge in [-0.3, -0.25) is 14.5 Å². The molecule has 3 aromatic carbocycles. The number of hydrogen-bond acceptors (Lipinski definition) is 3. The maximum atomic E-state index is 14.4. The molecule has 0 saturated carbocycles. The van der Waals surface area contributed by atoms with Gasteiger partial charge in [-0.1, -0.05) is 48.5 Å². The Kier molecular flexibility index (Phi) is 5.12. The number of amides is 2. The number of anilines is 2. The SMILES string of the molecule is O=C(Nc1ccccc1C1SCC(=O)N1c1ccccc1F)c1ccccc1. The molecule has 1 saturated heterocycles. The van der Waals surface area contributed by atoms with Gasteiger partial charge < -0.3 is 5.32 Å². The fourth-order valence-corrected chi connectivity index (χ4v) is 4.38. The lowest BCUT2D eigenvalue weighted by Gasteiger charge is -2.26. The van der Waals surface area contributed by atoms with Gasteiger partial charge in [0.25, 0.3) is 5.91 Å². The van der Waals surface area contributed by atoms with Gasteiger partial charge in [-0.15, -0.1) is 11.8 Å². The third-order valence-electron chi connectivity index (χ3n) is 4.49. The molecule has 0 aliphatic carbocycles. The van der Waals surface area contributed by atoms with Crippen LogP contribution in [0.3, 0.4) is 0 Å². The van der Waals surface area contributed by atoms with Crippen LogP contribution in [0.25, 0.3) is 0 Å². The van der Waals surface area contributed by atoms with Gasteiger partial charge in [-0.2, -0.15) is 0 Å². The average Bonchev–Trinajstić information content (AvgIpc) is 3.10. The molecule has 1 unspecified atom stereocenters. The van der Waals surface area contributed by atoms with Crippen LogP contribution in [0.4, 0.5) is 15.8 Å². The number of para-hydroxylation sites is 2. The highest BCUT2D eigenvalue weighted by atomic mass is 32.2. The molecule has 2 amide bonds. The van der Waals surface area contributed by atoms with Crippen LogP contribution in [-0.4, -0.2) is 17.6 Å². The van der Waals surface area contributed by atoms with Gasteiger partial charge in [-0.05, 0) is 30.3 Å². The molecule has 28 heavy (non-hydrogen) atoms. The molecule has 1 N–H and O–H groups in total. The van der Waals surface area contributed by atoms with Gasteiger partial charge >= 0.3 is 0 Å². The lowest BCUT2D eigenvalue weighted by molar-refractivity contribution is -0.115. The molecule has 6 heteroatoms. The number of benzene rings is 3. The van der Waals surface area contributed by atoms with Gasteiger partial charge in [0.05, 0.1) is 11.4 Å². The molecule has 3 aromatic rings. The maximum absolute atomic E-state index is 14.4. The number of rotatable bonds is 4. The summed E-state index contributed by atoms with van der Waals surface area (Å²) in [6, 6.07) is 22.4. The number of halogens is 1. The van der Waals surface area contributed by atoms with E-state index in [1.165, 1.54) is 22.7 Å². The Bertz CT molecular complexity index is 1030. The third-order valence-corrected chi connectivity index (χ3v) is 5.68. The van der Waals surface area contributed by atoms with E-state index in [4.69, 9.17) is 0 Å². The van der Waals surface area contributed by atoms with Crippen LogP contribution < -0.4 is 10.2 Å². The summed E-state index contributed by atoms with van der Waals surface area (Å²) >= 11 is 1.41. The largest absolute Gasteiger partial charge is 0.322 e. The van der Waals surface area contributed by atoms with Crippen molar-refractivity contribution in [3.63, 3.8) is 0 Å². The van der Waals surface area contributed by atoms with Crippen LogP contribution in [0.5, 0.6) is 0 Å². The summed E-state index contributed by atoms with van der Waals surface area (Å²) in [4.78, 5) is 26.6. The first-order valence-electron chi connectivity index (χ1n) is 8.78. The Morgan fingerprint density at radius 1 is 0.964 bits per heavy atom. The Morgan fingerprint density at radius 2 is 1.64 bits per heavy atom. The number of thioether (sulfide) groups is 1. The minimum absolute atomic E-state index is 0.163. The topological polar surface area (TPSA) is 49.4 Å². The van der Waals surface area contributed by atoms with E-state index in [1.54, 1.807) is 48.5 Å². The van der Waals surface area contributed by atoms with Crippen molar-refractivity contribution in [3.05, 3.63) is 95.8 Å². The lowest BCUT2D eigenvalue weighted by atomic mass is 10.1. The highest BCUT2D eigenvalue weighted by molar-refractivity contribution is 8.00. The van der Waals surface area contributed by atoms with Crippen LogP contribution in [0.1, 0.15) is 21.3 Å². The molecule has 140 valence electrons. The Hall–Kier alpha value is -3.12. The summed E-state index contributed by atoms with van der Waals surface area (Å²) < 4.78 is 14.4. The highest BCUT2D eigenvalue weighted by Crippen LogP contribution is 2.44. The van der Waals surface area contributed by atoms with Crippen molar-refractivity contribution >= 4 is 35.0 Å². The number of carbonyl (C=O) groups is 2. The fourth-order valence-electron chi connectivity index (χ4n) is 3.17. The highest BCUT2D eigenvalue weighted by Gasteiger charge is 2.36. The first-order chi connectivity index (χ1) is 13.6. The first kappa shape index (κ1) is 18.3. The smallest absolute Gasteiger partial charge is 0.255 e. The molecule has 0 bridgehead atoms. The van der Waals surface area contributed by atoms with E-state index < -0.39 is 11.2 Å². The second-order valence-corrected chi connectivity index (χ2v) is 7.35. The van der Waals surface area contributed by atoms with Crippen molar-refractivity contribution in [2.75, 3.05) is 16.0 Å². The zero-order valence-corrected chi connectivity index (χ0v) is 15.7. The van der Waals surface area contributed by atoms with Crippen LogP contribution in [0.2, 0.25) is 0 Å². The molecule has 0 radical (unpaired) electrons. The van der Waals surface area contributed by atoms with E-state index in [0.717, 1.165) is 5.56 Å². The average molecular weight is 392 g/mol. The Labute approximate surface area is 166 Å². The number of nitrogens with one attached hydrogen (secondary N) is 1. The van der Waals surface area contributed by atoms with Gasteiger partial charge in [-0.25, -0.2) is 4.39 Å². The van der Waals surface area contributed by atoms with Gasteiger partial charge in [0.2, 0.25) is 5.91 Å². The molecule has 0 spiro atoms. The molecule has 1 aliphatic rings. The second-order valence-electron chi connectivity index (χ2n) is 6.29. The van der Waals surface area contributed by atoms with Crippen molar-refractivity contribution in [2.24, 2.45) is 0 Å². The molecule has 1 aliphatic heterocycles. The zero-order valence-electron chi connectivity index (χ0n) is 14.8. The molecule has 0 aromatic heterocycles. The summed E-state index contributed by atoms with van der Waals surface area (Å²) in [6.45, 7) is 0. The van der Waals surface area contributed by atoms with Gasteiger partial charge in [0, 0.05) is 16.8 Å². The normalized spacial score (nSPS) is 16.2. The van der Waals surface area contributed by atoms with Crippen molar-refractivity contribution in [2.45, 2.75) is 5.37 Å². The van der Waals surface area contributed by atoms with Crippen LogP contribution in [0, 0.1) is 5.82 Å². The van der Waals surface area contributed by atoms with Gasteiger partial charge in [0.15, 0.2) is 0 Å². The van der Waals surface area contributed by atoms with E-state index in [1.807, 2.05) is 24.3 Å². The first-order valence-corrected chi connectivity index (χ1v) is 9.83. The molecule has 4 rings (SSSR count). The Balaban J connectivity index is 1.68. The lowest BCUT2D eigenvalue weighted by Crippen LogP contribution is -2.29. The summed E-state index contributed by atoms with van der Waals surface area (Å²) in [5.74, 6) is -0.599. The molecule has 1 atom stereocenters. The summed E-state index contributed by atoms with van der Waals surface area (Å²) in [6.07, 6.45) is 0. The van der Waals surface area contributed by atoms with E-state index in [0.29, 0.717) is 11.3 Å². The van der Waals surface area contributed by atoms with Crippen LogP contribution in [0.15, 0.2) is 78.9 Å². The van der Waals surface area contributed by atoms with Crippen LogP contribution in [-0.2, 0) is 4.79 Å². The van der Waals surface area contributed by atoms with Crippen molar-refractivity contribution < 1.29 is 14.0 Å². The molecule has 1 fully saturated rings. The number of carbonyl (C=O) groups excluding carboxylic acids is 2. The van der Waals surface area contributed by atoms with Crippen molar-refractivity contribution in [1.82, 2.24) is 0 Å². The standard InChI is InChI=1S/C22H17FN2O2S/c23-17-11-5-7-13-19(17)25-20(26)14-28-22(25)16-10-4-6-12-18(16)24-21(27)15-8-2-1-3-9-15/h1-13,22H,14H2,(H,24,27). The van der Waals surface area contributed by atoms with Gasteiger partial charge in [0.1, 0.15) is 11.2 Å². The minimum atomic E-state index is -0.450. The fraction of sp³-hybridized carbons (Fsp3) is 0.0909. The zero-order chi connectivity index (χ0) is 19.5. The second kappa shape index (κ2) is 7.86. The van der Waals surface area contributed by atoms with E-state index in [-0.39, 0.29) is 23.3 Å². The minimum Gasteiger partial charge on any atom is -0.322 e. The van der Waals surface area contributed by atoms with Crippen LogP contribution >= 0.6 is 11.8 Å². The predicted molar refractivity (Wildman–Crippen MR) is 110 cm³/mol. The number of nitrogens with zero attached hydrogens (tertiary/aromatic N) is 1. The number of hydrogen-bond donors (Lipinski definition) is 1. The predicted octanol–water partition coefficient (Wildman–Crippen LogP) is 4.86. The summed E-state index contributed by atoms with van der Waals surface area (Å²) in [5.41, 5.74) is 2.14. The molecular weight excluding hydrogens is 375 g/mol. The molecule has 4 nitrogen and oxygen atoms in total. The van der Waals surface area contributed by atoms with E-state index in [2.05, 4.69) is 5.32 Å². The van der Waals surface area contributed by atoms with Crippen molar-refractivity contribution in [3.8, 4) is 0 Å². The molecule has 1 heterocycles. The quantitative estimate of drug-likeness (QED) is 0.690. The summed E-state index contributed by atoms with van der Waals surface area (Å²) in [5, 5.41) is 2.50. The molecular formula is C22H17FN2O2S. The summed E-state index contributed by atoms with van der Waals surface area (Å²) in [7, 11) is 0.